The SMILES string of the molecule is O=C(NCCC1=CCCCC1)c1cccc(OCc2ccccc2)c1. The van der Waals surface area contributed by atoms with E-state index >= 15 is 0 Å². The molecular formula is C22H25NO2. The third-order valence-electron chi connectivity index (χ3n) is 4.46. The van der Waals surface area contributed by atoms with E-state index in [1.807, 2.05) is 48.5 Å². The van der Waals surface area contributed by atoms with Gasteiger partial charge in [-0.3, -0.25) is 4.79 Å². The van der Waals surface area contributed by atoms with E-state index in [0.717, 1.165) is 12.0 Å². The summed E-state index contributed by atoms with van der Waals surface area (Å²) in [6.45, 7) is 1.19. The Morgan fingerprint density at radius 3 is 2.72 bits per heavy atom. The fourth-order valence-corrected chi connectivity index (χ4v) is 3.04. The van der Waals surface area contributed by atoms with Gasteiger partial charge >= 0.3 is 0 Å². The fraction of sp³-hybridized carbons (Fsp3) is 0.318. The Bertz CT molecular complexity index is 722. The third-order valence-corrected chi connectivity index (χ3v) is 4.46. The van der Waals surface area contributed by atoms with Gasteiger partial charge in [0.25, 0.3) is 5.91 Å². The van der Waals surface area contributed by atoms with Gasteiger partial charge in [-0.25, -0.2) is 0 Å². The topological polar surface area (TPSA) is 38.3 Å². The zero-order chi connectivity index (χ0) is 17.3. The Kier molecular flexibility index (Phi) is 6.27. The van der Waals surface area contributed by atoms with E-state index in [0.29, 0.717) is 24.5 Å². The van der Waals surface area contributed by atoms with Crippen LogP contribution in [0.2, 0.25) is 0 Å². The van der Waals surface area contributed by atoms with Crippen molar-refractivity contribution >= 4 is 5.91 Å². The summed E-state index contributed by atoms with van der Waals surface area (Å²) in [5.74, 6) is 0.674. The number of allylic oxidation sites excluding steroid dienone is 1. The molecule has 0 saturated heterocycles. The highest BCUT2D eigenvalue weighted by Crippen LogP contribution is 2.19. The van der Waals surface area contributed by atoms with Crippen molar-refractivity contribution in [1.29, 1.82) is 0 Å². The lowest BCUT2D eigenvalue weighted by molar-refractivity contribution is 0.0953. The van der Waals surface area contributed by atoms with Gasteiger partial charge in [-0.1, -0.05) is 48.0 Å². The summed E-state index contributed by atoms with van der Waals surface area (Å²) in [4.78, 5) is 12.3. The predicted octanol–water partition coefficient (Wildman–Crippen LogP) is 4.89. The average molecular weight is 335 g/mol. The Morgan fingerprint density at radius 1 is 1.04 bits per heavy atom. The van der Waals surface area contributed by atoms with E-state index in [4.69, 9.17) is 4.74 Å². The Hall–Kier alpha value is -2.55. The lowest BCUT2D eigenvalue weighted by Gasteiger charge is -2.13. The first-order valence-electron chi connectivity index (χ1n) is 9.04. The first-order valence-corrected chi connectivity index (χ1v) is 9.04. The van der Waals surface area contributed by atoms with Gasteiger partial charge in [0.05, 0.1) is 0 Å². The van der Waals surface area contributed by atoms with E-state index in [2.05, 4.69) is 11.4 Å². The molecule has 3 nitrogen and oxygen atoms in total. The first kappa shape index (κ1) is 17.3. The number of carbonyl (C=O) groups is 1. The number of nitrogens with one attached hydrogen (secondary N) is 1. The minimum atomic E-state index is -0.0402. The van der Waals surface area contributed by atoms with E-state index < -0.39 is 0 Å². The molecule has 1 amide bonds. The van der Waals surface area contributed by atoms with Crippen molar-refractivity contribution in [2.24, 2.45) is 0 Å². The van der Waals surface area contributed by atoms with Crippen molar-refractivity contribution in [3.63, 3.8) is 0 Å². The molecule has 130 valence electrons. The fourth-order valence-electron chi connectivity index (χ4n) is 3.04. The van der Waals surface area contributed by atoms with Gasteiger partial charge in [0, 0.05) is 12.1 Å². The third kappa shape index (κ3) is 5.49. The molecule has 3 heteroatoms. The van der Waals surface area contributed by atoms with Crippen LogP contribution >= 0.6 is 0 Å². The number of ether oxygens (including phenoxy) is 1. The molecule has 0 fully saturated rings. The molecule has 3 rings (SSSR count). The molecule has 0 heterocycles. The van der Waals surface area contributed by atoms with Crippen molar-refractivity contribution in [3.8, 4) is 5.75 Å². The number of carbonyl (C=O) groups excluding carboxylic acids is 1. The van der Waals surface area contributed by atoms with Crippen LogP contribution in [0.15, 0.2) is 66.2 Å². The number of rotatable bonds is 7. The molecule has 2 aromatic carbocycles. The van der Waals surface area contributed by atoms with Crippen LogP contribution in [0.4, 0.5) is 0 Å². The van der Waals surface area contributed by atoms with Crippen LogP contribution < -0.4 is 10.1 Å². The Labute approximate surface area is 149 Å². The van der Waals surface area contributed by atoms with Crippen molar-refractivity contribution in [3.05, 3.63) is 77.4 Å². The number of benzene rings is 2. The van der Waals surface area contributed by atoms with Crippen molar-refractivity contribution in [2.75, 3.05) is 6.54 Å². The van der Waals surface area contributed by atoms with Crippen LogP contribution in [-0.2, 0) is 6.61 Å². The minimum Gasteiger partial charge on any atom is -0.489 e. The summed E-state index contributed by atoms with van der Waals surface area (Å²) >= 11 is 0. The zero-order valence-electron chi connectivity index (χ0n) is 14.5. The maximum atomic E-state index is 12.3. The van der Waals surface area contributed by atoms with Crippen molar-refractivity contribution in [1.82, 2.24) is 5.32 Å². The van der Waals surface area contributed by atoms with Crippen LogP contribution in [0.1, 0.15) is 48.0 Å². The highest BCUT2D eigenvalue weighted by atomic mass is 16.5. The molecule has 0 aliphatic heterocycles. The van der Waals surface area contributed by atoms with Crippen LogP contribution in [0, 0.1) is 0 Å². The maximum absolute atomic E-state index is 12.3. The van der Waals surface area contributed by atoms with E-state index in [1.165, 1.54) is 31.3 Å². The maximum Gasteiger partial charge on any atom is 0.251 e. The Balaban J connectivity index is 1.49. The lowest BCUT2D eigenvalue weighted by Crippen LogP contribution is -2.24. The molecule has 0 aromatic heterocycles. The molecule has 0 spiro atoms. The molecule has 0 bridgehead atoms. The van der Waals surface area contributed by atoms with Gasteiger partial charge in [0.1, 0.15) is 12.4 Å². The molecule has 0 atom stereocenters. The summed E-state index contributed by atoms with van der Waals surface area (Å²) in [7, 11) is 0. The molecular weight excluding hydrogens is 310 g/mol. The number of hydrogen-bond acceptors (Lipinski definition) is 2. The largest absolute Gasteiger partial charge is 0.489 e. The monoisotopic (exact) mass is 335 g/mol. The standard InChI is InChI=1S/C22H25NO2/c24-22(23-15-14-18-8-3-1-4-9-18)20-12-7-13-21(16-20)25-17-19-10-5-2-6-11-19/h2,5-8,10-13,16H,1,3-4,9,14-15,17H2,(H,23,24). The predicted molar refractivity (Wildman–Crippen MR) is 101 cm³/mol. The molecule has 0 saturated carbocycles. The smallest absolute Gasteiger partial charge is 0.251 e. The van der Waals surface area contributed by atoms with Crippen LogP contribution in [-0.4, -0.2) is 12.5 Å². The summed E-state index contributed by atoms with van der Waals surface area (Å²) in [5.41, 5.74) is 3.23. The molecule has 0 radical (unpaired) electrons. The van der Waals surface area contributed by atoms with Gasteiger partial charge < -0.3 is 10.1 Å². The first-order chi connectivity index (χ1) is 12.3. The van der Waals surface area contributed by atoms with Gasteiger partial charge in [0.2, 0.25) is 0 Å². The molecule has 1 N–H and O–H groups in total. The lowest BCUT2D eigenvalue weighted by atomic mass is 9.97. The number of amides is 1. The van der Waals surface area contributed by atoms with Crippen LogP contribution in [0.25, 0.3) is 0 Å². The minimum absolute atomic E-state index is 0.0402. The molecule has 1 aliphatic carbocycles. The molecule has 0 unspecified atom stereocenters. The van der Waals surface area contributed by atoms with Crippen molar-refractivity contribution in [2.45, 2.75) is 38.7 Å². The zero-order valence-corrected chi connectivity index (χ0v) is 14.5. The van der Waals surface area contributed by atoms with E-state index in [9.17, 15) is 4.79 Å². The van der Waals surface area contributed by atoms with Crippen LogP contribution in [0.5, 0.6) is 5.75 Å². The van der Waals surface area contributed by atoms with Gasteiger partial charge in [0.15, 0.2) is 0 Å². The van der Waals surface area contributed by atoms with Gasteiger partial charge in [-0.2, -0.15) is 0 Å². The second-order valence-corrected chi connectivity index (χ2v) is 6.42. The van der Waals surface area contributed by atoms with E-state index in [-0.39, 0.29) is 5.91 Å². The quantitative estimate of drug-likeness (QED) is 0.732. The van der Waals surface area contributed by atoms with Gasteiger partial charge in [-0.05, 0) is 55.9 Å². The van der Waals surface area contributed by atoms with Gasteiger partial charge in [-0.15, -0.1) is 0 Å². The summed E-state index contributed by atoms with van der Waals surface area (Å²) < 4.78 is 5.79. The second-order valence-electron chi connectivity index (χ2n) is 6.42. The highest BCUT2D eigenvalue weighted by molar-refractivity contribution is 5.94. The molecule has 2 aromatic rings. The highest BCUT2D eigenvalue weighted by Gasteiger charge is 2.08. The molecule has 1 aliphatic rings. The second kappa shape index (κ2) is 9.07. The van der Waals surface area contributed by atoms with Crippen LogP contribution in [0.3, 0.4) is 0 Å². The summed E-state index contributed by atoms with van der Waals surface area (Å²) in [6, 6.07) is 17.4. The van der Waals surface area contributed by atoms with E-state index in [1.54, 1.807) is 6.07 Å². The number of hydrogen-bond donors (Lipinski definition) is 1. The molecule has 25 heavy (non-hydrogen) atoms. The summed E-state index contributed by atoms with van der Waals surface area (Å²) in [6.07, 6.45) is 8.22. The Morgan fingerprint density at radius 2 is 1.92 bits per heavy atom. The van der Waals surface area contributed by atoms with Crippen molar-refractivity contribution < 1.29 is 9.53 Å². The average Bonchev–Trinajstić information content (AvgIpc) is 2.68. The summed E-state index contributed by atoms with van der Waals surface area (Å²) in [5, 5.41) is 3.01. The normalized spacial score (nSPS) is 13.8.